The molecule has 6 nitrogen and oxygen atoms in total. The molecule has 1 atom stereocenters. The van der Waals surface area contributed by atoms with Gasteiger partial charge >= 0.3 is 12.1 Å². The van der Waals surface area contributed by atoms with E-state index in [9.17, 15) is 9.59 Å². The first-order valence-electron chi connectivity index (χ1n) is 6.74. The fourth-order valence-electron chi connectivity index (χ4n) is 1.94. The van der Waals surface area contributed by atoms with Crippen LogP contribution >= 0.6 is 0 Å². The lowest BCUT2D eigenvalue weighted by Crippen LogP contribution is -2.47. The van der Waals surface area contributed by atoms with Crippen LogP contribution in [0.5, 0.6) is 0 Å². The van der Waals surface area contributed by atoms with Gasteiger partial charge in [-0.3, -0.25) is 4.79 Å². The standard InChI is InChI=1S/C13H24N2O4/c1-4-18-11(16)10-6-5-7-15(8-10)12(17)19-13(2,3)9-14/h10H,4-9,14H2,1-3H3/t10-/m0/s1. The quantitative estimate of drug-likeness (QED) is 0.776. The van der Waals surface area contributed by atoms with E-state index in [2.05, 4.69) is 0 Å². The molecule has 110 valence electrons. The summed E-state index contributed by atoms with van der Waals surface area (Å²) in [5, 5.41) is 0. The molecule has 1 amide bonds. The van der Waals surface area contributed by atoms with Gasteiger partial charge in [0.15, 0.2) is 0 Å². The normalized spacial score (nSPS) is 20.0. The molecule has 1 aliphatic rings. The van der Waals surface area contributed by atoms with Crippen molar-refractivity contribution in [3.8, 4) is 0 Å². The number of rotatable bonds is 4. The van der Waals surface area contributed by atoms with Crippen LogP contribution in [0.25, 0.3) is 0 Å². The Morgan fingerprint density at radius 1 is 1.42 bits per heavy atom. The molecule has 6 heteroatoms. The summed E-state index contributed by atoms with van der Waals surface area (Å²) in [6, 6.07) is 0. The molecular formula is C13H24N2O4. The van der Waals surface area contributed by atoms with E-state index in [1.54, 1.807) is 25.7 Å². The van der Waals surface area contributed by atoms with Crippen LogP contribution < -0.4 is 5.73 Å². The number of piperidine rings is 1. The van der Waals surface area contributed by atoms with E-state index in [4.69, 9.17) is 15.2 Å². The molecule has 0 unspecified atom stereocenters. The molecule has 2 N–H and O–H groups in total. The van der Waals surface area contributed by atoms with E-state index in [1.165, 1.54) is 0 Å². The van der Waals surface area contributed by atoms with Gasteiger partial charge in [-0.2, -0.15) is 0 Å². The van der Waals surface area contributed by atoms with Gasteiger partial charge in [-0.1, -0.05) is 0 Å². The Hall–Kier alpha value is -1.30. The number of carbonyl (C=O) groups excluding carboxylic acids is 2. The van der Waals surface area contributed by atoms with Gasteiger partial charge in [-0.05, 0) is 33.6 Å². The van der Waals surface area contributed by atoms with Crippen LogP contribution in [0.2, 0.25) is 0 Å². The molecule has 0 spiro atoms. The Kier molecular flexibility index (Phi) is 5.60. The summed E-state index contributed by atoms with van der Waals surface area (Å²) >= 11 is 0. The van der Waals surface area contributed by atoms with Crippen LogP contribution in [0.4, 0.5) is 4.79 Å². The highest BCUT2D eigenvalue weighted by atomic mass is 16.6. The highest BCUT2D eigenvalue weighted by Gasteiger charge is 2.32. The summed E-state index contributed by atoms with van der Waals surface area (Å²) in [4.78, 5) is 25.2. The van der Waals surface area contributed by atoms with Gasteiger partial charge in [0.05, 0.1) is 12.5 Å². The third-order valence-electron chi connectivity index (χ3n) is 3.15. The predicted molar refractivity (Wildman–Crippen MR) is 70.5 cm³/mol. The molecule has 1 saturated heterocycles. The number of ether oxygens (including phenoxy) is 2. The monoisotopic (exact) mass is 272 g/mol. The third-order valence-corrected chi connectivity index (χ3v) is 3.15. The van der Waals surface area contributed by atoms with E-state index >= 15 is 0 Å². The highest BCUT2D eigenvalue weighted by molar-refractivity contribution is 5.75. The van der Waals surface area contributed by atoms with E-state index in [0.29, 0.717) is 19.7 Å². The molecule has 1 fully saturated rings. The van der Waals surface area contributed by atoms with Gasteiger partial charge in [0.2, 0.25) is 0 Å². The second-order valence-corrected chi connectivity index (χ2v) is 5.37. The van der Waals surface area contributed by atoms with Gasteiger partial charge in [0, 0.05) is 19.6 Å². The lowest BCUT2D eigenvalue weighted by molar-refractivity contribution is -0.149. The summed E-state index contributed by atoms with van der Waals surface area (Å²) in [6.07, 6.45) is 1.12. The lowest BCUT2D eigenvalue weighted by atomic mass is 9.98. The topological polar surface area (TPSA) is 81.9 Å². The molecule has 0 aromatic carbocycles. The van der Waals surface area contributed by atoms with Crippen LogP contribution in [0.1, 0.15) is 33.6 Å². The van der Waals surface area contributed by atoms with E-state index in [-0.39, 0.29) is 18.4 Å². The van der Waals surface area contributed by atoms with Gasteiger partial charge in [0.25, 0.3) is 0 Å². The fourth-order valence-corrected chi connectivity index (χ4v) is 1.94. The van der Waals surface area contributed by atoms with Crippen molar-refractivity contribution in [2.24, 2.45) is 11.7 Å². The van der Waals surface area contributed by atoms with Gasteiger partial charge in [-0.15, -0.1) is 0 Å². The Labute approximate surface area is 114 Å². The van der Waals surface area contributed by atoms with Crippen molar-refractivity contribution in [1.82, 2.24) is 4.90 Å². The summed E-state index contributed by atoms with van der Waals surface area (Å²) in [7, 11) is 0. The van der Waals surface area contributed by atoms with Crippen LogP contribution in [0.3, 0.4) is 0 Å². The van der Waals surface area contributed by atoms with Crippen molar-refractivity contribution < 1.29 is 19.1 Å². The lowest BCUT2D eigenvalue weighted by Gasteiger charge is -2.33. The molecular weight excluding hydrogens is 248 g/mol. The number of nitrogens with zero attached hydrogens (tertiary/aromatic N) is 1. The number of esters is 1. The summed E-state index contributed by atoms with van der Waals surface area (Å²) in [5.74, 6) is -0.486. The van der Waals surface area contributed by atoms with Crippen LogP contribution in [-0.2, 0) is 14.3 Å². The molecule has 1 aliphatic heterocycles. The second kappa shape index (κ2) is 6.75. The maximum atomic E-state index is 12.0. The van der Waals surface area contributed by atoms with E-state index in [1.807, 2.05) is 0 Å². The number of nitrogens with two attached hydrogens (primary N) is 1. The molecule has 0 aromatic heterocycles. The molecule has 19 heavy (non-hydrogen) atoms. The summed E-state index contributed by atoms with van der Waals surface area (Å²) in [5.41, 5.74) is 4.84. The van der Waals surface area contributed by atoms with Crippen LogP contribution in [0, 0.1) is 5.92 Å². The van der Waals surface area contributed by atoms with E-state index < -0.39 is 11.7 Å². The van der Waals surface area contributed by atoms with Crippen molar-refractivity contribution in [2.75, 3.05) is 26.2 Å². The van der Waals surface area contributed by atoms with E-state index in [0.717, 1.165) is 12.8 Å². The minimum absolute atomic E-state index is 0.238. The Morgan fingerprint density at radius 2 is 2.11 bits per heavy atom. The molecule has 0 aliphatic carbocycles. The van der Waals surface area contributed by atoms with Crippen molar-refractivity contribution >= 4 is 12.1 Å². The molecule has 1 rings (SSSR count). The Bertz CT molecular complexity index is 331. The SMILES string of the molecule is CCOC(=O)[C@H]1CCCN(C(=O)OC(C)(C)CN)C1. The molecule has 0 saturated carbocycles. The zero-order valence-corrected chi connectivity index (χ0v) is 12.0. The maximum absolute atomic E-state index is 12.0. The van der Waals surface area contributed by atoms with Crippen LogP contribution in [0.15, 0.2) is 0 Å². The van der Waals surface area contributed by atoms with Gasteiger partial charge in [0.1, 0.15) is 5.60 Å². The smallest absolute Gasteiger partial charge is 0.410 e. The average molecular weight is 272 g/mol. The van der Waals surface area contributed by atoms with Gasteiger partial charge < -0.3 is 20.1 Å². The zero-order chi connectivity index (χ0) is 14.5. The fraction of sp³-hybridized carbons (Fsp3) is 0.846. The first-order valence-corrected chi connectivity index (χ1v) is 6.74. The van der Waals surface area contributed by atoms with Crippen molar-refractivity contribution in [1.29, 1.82) is 0 Å². The summed E-state index contributed by atoms with van der Waals surface area (Å²) < 4.78 is 10.3. The molecule has 0 radical (unpaired) electrons. The number of hydrogen-bond donors (Lipinski definition) is 1. The van der Waals surface area contributed by atoms with Crippen LogP contribution in [-0.4, -0.2) is 48.8 Å². The zero-order valence-electron chi connectivity index (χ0n) is 12.0. The highest BCUT2D eigenvalue weighted by Crippen LogP contribution is 2.20. The van der Waals surface area contributed by atoms with Crippen molar-refractivity contribution in [3.63, 3.8) is 0 Å². The summed E-state index contributed by atoms with van der Waals surface area (Å²) in [6.45, 7) is 6.88. The number of amides is 1. The van der Waals surface area contributed by atoms with Gasteiger partial charge in [-0.25, -0.2) is 4.79 Å². The minimum Gasteiger partial charge on any atom is -0.466 e. The predicted octanol–water partition coefficient (Wildman–Crippen LogP) is 1.14. The van der Waals surface area contributed by atoms with Crippen molar-refractivity contribution in [2.45, 2.75) is 39.2 Å². The molecule has 0 bridgehead atoms. The Morgan fingerprint density at radius 3 is 2.68 bits per heavy atom. The Balaban J connectivity index is 2.54. The minimum atomic E-state index is -0.687. The second-order valence-electron chi connectivity index (χ2n) is 5.37. The first kappa shape index (κ1) is 15.8. The van der Waals surface area contributed by atoms with Crippen molar-refractivity contribution in [3.05, 3.63) is 0 Å². The average Bonchev–Trinajstić information content (AvgIpc) is 2.38. The maximum Gasteiger partial charge on any atom is 0.410 e. The number of likely N-dealkylation sites (tertiary alicyclic amines) is 1. The largest absolute Gasteiger partial charge is 0.466 e. The number of hydrogen-bond acceptors (Lipinski definition) is 5. The first-order chi connectivity index (χ1) is 8.89. The molecule has 0 aromatic rings. The third kappa shape index (κ3) is 4.70. The number of carbonyl (C=O) groups is 2. The molecule has 1 heterocycles.